The minimum atomic E-state index is 0.801. The first kappa shape index (κ1) is 15.3. The molecule has 0 N–H and O–H groups in total. The third-order valence-corrected chi connectivity index (χ3v) is 5.00. The number of aromatic nitrogens is 2. The van der Waals surface area contributed by atoms with Gasteiger partial charge in [-0.3, -0.25) is 9.97 Å². The van der Waals surface area contributed by atoms with Gasteiger partial charge < -0.3 is 4.42 Å². The quantitative estimate of drug-likeness (QED) is 0.340. The zero-order valence-electron chi connectivity index (χ0n) is 13.7. The Morgan fingerprint density at radius 3 is 2.23 bits per heavy atom. The highest BCUT2D eigenvalue weighted by Crippen LogP contribution is 2.34. The van der Waals surface area contributed by atoms with E-state index in [1.165, 1.54) is 0 Å². The monoisotopic (exact) mass is 400 g/mol. The highest BCUT2D eigenvalue weighted by molar-refractivity contribution is 9.10. The number of halogens is 1. The molecule has 0 radical (unpaired) electrons. The Balaban J connectivity index is 1.62. The van der Waals surface area contributed by atoms with E-state index in [0.717, 1.165) is 48.9 Å². The summed E-state index contributed by atoms with van der Waals surface area (Å²) < 4.78 is 7.14. The maximum atomic E-state index is 6.09. The Kier molecular flexibility index (Phi) is 3.57. The Labute approximate surface area is 158 Å². The molecule has 4 heteroatoms. The van der Waals surface area contributed by atoms with Crippen LogP contribution in [0.4, 0.5) is 0 Å². The van der Waals surface area contributed by atoms with E-state index < -0.39 is 0 Å². The van der Waals surface area contributed by atoms with Crippen molar-refractivity contribution in [3.63, 3.8) is 0 Å². The third kappa shape index (κ3) is 2.50. The molecule has 0 saturated carbocycles. The summed E-state index contributed by atoms with van der Waals surface area (Å²) in [7, 11) is 0. The second-order valence-electron chi connectivity index (χ2n) is 6.07. The van der Waals surface area contributed by atoms with Crippen LogP contribution in [0.5, 0.6) is 0 Å². The van der Waals surface area contributed by atoms with Gasteiger partial charge in [0.05, 0.1) is 23.8 Å². The zero-order chi connectivity index (χ0) is 17.5. The maximum Gasteiger partial charge on any atom is 0.144 e. The van der Waals surface area contributed by atoms with Crippen molar-refractivity contribution in [1.29, 1.82) is 0 Å². The topological polar surface area (TPSA) is 38.9 Å². The van der Waals surface area contributed by atoms with Gasteiger partial charge >= 0.3 is 0 Å². The van der Waals surface area contributed by atoms with Crippen LogP contribution in [0.15, 0.2) is 88.0 Å². The van der Waals surface area contributed by atoms with Gasteiger partial charge in [0.25, 0.3) is 0 Å². The molecule has 5 aromatic rings. The molecule has 5 rings (SSSR count). The van der Waals surface area contributed by atoms with Gasteiger partial charge in [-0.15, -0.1) is 0 Å². The Bertz CT molecular complexity index is 1220. The fraction of sp³-hybridized carbons (Fsp3) is 0. The van der Waals surface area contributed by atoms with Crippen LogP contribution >= 0.6 is 15.9 Å². The molecule has 0 amide bonds. The lowest BCUT2D eigenvalue weighted by molar-refractivity contribution is 0.670. The number of rotatable bonds is 2. The molecule has 0 fully saturated rings. The van der Waals surface area contributed by atoms with Crippen LogP contribution in [-0.2, 0) is 0 Å². The number of para-hydroxylation sites is 2. The molecule has 0 aliphatic heterocycles. The van der Waals surface area contributed by atoms with Crippen LogP contribution in [-0.4, -0.2) is 9.97 Å². The van der Waals surface area contributed by atoms with Crippen molar-refractivity contribution in [1.82, 2.24) is 9.97 Å². The molecule has 0 spiro atoms. The van der Waals surface area contributed by atoms with Gasteiger partial charge in [-0.2, -0.15) is 0 Å². The van der Waals surface area contributed by atoms with E-state index in [-0.39, 0.29) is 0 Å². The number of fused-ring (bicyclic) bond motifs is 3. The van der Waals surface area contributed by atoms with Gasteiger partial charge in [-0.25, -0.2) is 0 Å². The molecular weight excluding hydrogens is 388 g/mol. The highest BCUT2D eigenvalue weighted by Gasteiger charge is 2.13. The van der Waals surface area contributed by atoms with Crippen molar-refractivity contribution in [2.75, 3.05) is 0 Å². The van der Waals surface area contributed by atoms with Crippen molar-refractivity contribution in [3.8, 4) is 22.5 Å². The normalized spacial score (nSPS) is 11.3. The summed E-state index contributed by atoms with van der Waals surface area (Å²) in [6.45, 7) is 0. The second kappa shape index (κ2) is 6.07. The predicted molar refractivity (Wildman–Crippen MR) is 108 cm³/mol. The lowest BCUT2D eigenvalue weighted by Crippen LogP contribution is -1.89. The van der Waals surface area contributed by atoms with Crippen LogP contribution in [0.1, 0.15) is 0 Å². The molecule has 0 unspecified atom stereocenters. The van der Waals surface area contributed by atoms with E-state index >= 15 is 0 Å². The summed E-state index contributed by atoms with van der Waals surface area (Å²) in [6.07, 6.45) is 3.61. The van der Waals surface area contributed by atoms with Crippen LogP contribution in [0.2, 0.25) is 0 Å². The summed E-state index contributed by atoms with van der Waals surface area (Å²) in [5, 5.41) is 2.21. The maximum absolute atomic E-state index is 6.09. The van der Waals surface area contributed by atoms with Gasteiger partial charge in [-0.1, -0.05) is 58.4 Å². The summed E-state index contributed by atoms with van der Waals surface area (Å²) in [4.78, 5) is 9.23. The average molecular weight is 401 g/mol. The first-order valence-electron chi connectivity index (χ1n) is 8.28. The third-order valence-electron chi connectivity index (χ3n) is 4.47. The van der Waals surface area contributed by atoms with Crippen LogP contribution in [0, 0.1) is 0 Å². The lowest BCUT2D eigenvalue weighted by atomic mass is 10.1. The van der Waals surface area contributed by atoms with Crippen LogP contribution in [0.25, 0.3) is 44.5 Å². The summed E-state index contributed by atoms with van der Waals surface area (Å²) in [5.74, 6) is 0. The van der Waals surface area contributed by atoms with E-state index in [1.54, 1.807) is 12.4 Å². The minimum Gasteiger partial charge on any atom is -0.455 e. The van der Waals surface area contributed by atoms with Gasteiger partial charge in [-0.05, 0) is 24.3 Å². The van der Waals surface area contributed by atoms with E-state index in [1.807, 2.05) is 54.6 Å². The number of benzene rings is 3. The Morgan fingerprint density at radius 1 is 0.692 bits per heavy atom. The first-order valence-corrected chi connectivity index (χ1v) is 9.07. The van der Waals surface area contributed by atoms with Gasteiger partial charge in [0.1, 0.15) is 11.2 Å². The fourth-order valence-electron chi connectivity index (χ4n) is 3.19. The van der Waals surface area contributed by atoms with Crippen molar-refractivity contribution in [2.24, 2.45) is 0 Å². The molecule has 3 nitrogen and oxygen atoms in total. The average Bonchev–Trinajstić information content (AvgIpc) is 3.08. The smallest absolute Gasteiger partial charge is 0.144 e. The molecule has 124 valence electrons. The molecule has 2 heterocycles. The summed E-state index contributed by atoms with van der Waals surface area (Å²) >= 11 is 3.45. The molecule has 0 aliphatic carbocycles. The molecule has 0 bridgehead atoms. The van der Waals surface area contributed by atoms with Crippen LogP contribution < -0.4 is 0 Å². The summed E-state index contributed by atoms with van der Waals surface area (Å²) in [5.41, 5.74) is 5.37. The molecule has 0 aliphatic rings. The molecule has 2 aromatic heterocycles. The minimum absolute atomic E-state index is 0.801. The van der Waals surface area contributed by atoms with Gasteiger partial charge in [0.2, 0.25) is 0 Å². The van der Waals surface area contributed by atoms with Crippen molar-refractivity contribution >= 4 is 37.9 Å². The number of furan rings is 1. The standard InChI is InChI=1S/C22H13BrN2O/c23-15-10-8-14(9-11-15)19-12-25-20(13-24-19)18-6-3-5-17-16-4-1-2-7-21(16)26-22(17)18/h1-13H. The van der Waals surface area contributed by atoms with E-state index in [9.17, 15) is 0 Å². The Morgan fingerprint density at radius 2 is 1.42 bits per heavy atom. The number of hydrogen-bond acceptors (Lipinski definition) is 3. The molecule has 0 saturated heterocycles. The van der Waals surface area contributed by atoms with Gasteiger partial charge in [0.15, 0.2) is 0 Å². The number of hydrogen-bond donors (Lipinski definition) is 0. The van der Waals surface area contributed by atoms with Crippen molar-refractivity contribution < 1.29 is 4.42 Å². The molecule has 3 aromatic carbocycles. The fourth-order valence-corrected chi connectivity index (χ4v) is 3.45. The van der Waals surface area contributed by atoms with Crippen LogP contribution in [0.3, 0.4) is 0 Å². The Hall–Kier alpha value is -2.98. The predicted octanol–water partition coefficient (Wildman–Crippen LogP) is 6.47. The van der Waals surface area contributed by atoms with Gasteiger partial charge in [0, 0.05) is 26.4 Å². The first-order chi connectivity index (χ1) is 12.8. The highest BCUT2D eigenvalue weighted by atomic mass is 79.9. The number of nitrogens with zero attached hydrogens (tertiary/aromatic N) is 2. The van der Waals surface area contributed by atoms with E-state index in [2.05, 4.69) is 38.0 Å². The lowest BCUT2D eigenvalue weighted by Gasteiger charge is -2.04. The van der Waals surface area contributed by atoms with E-state index in [4.69, 9.17) is 4.42 Å². The molecule has 0 atom stereocenters. The zero-order valence-corrected chi connectivity index (χ0v) is 15.3. The van der Waals surface area contributed by atoms with E-state index in [0.29, 0.717) is 0 Å². The SMILES string of the molecule is Brc1ccc(-c2cnc(-c3cccc4c3oc3ccccc34)cn2)cc1. The summed E-state index contributed by atoms with van der Waals surface area (Å²) in [6, 6.07) is 22.2. The van der Waals surface area contributed by atoms with Crippen molar-refractivity contribution in [3.05, 3.63) is 83.6 Å². The molecule has 26 heavy (non-hydrogen) atoms. The van der Waals surface area contributed by atoms with Crippen molar-refractivity contribution in [2.45, 2.75) is 0 Å². The second-order valence-corrected chi connectivity index (χ2v) is 6.99. The largest absolute Gasteiger partial charge is 0.455 e. The molecular formula is C22H13BrN2O.